The molecular formula is C52H84N8O12. The van der Waals surface area contributed by atoms with E-state index in [1.54, 1.807) is 58.9 Å². The molecule has 0 aromatic heterocycles. The van der Waals surface area contributed by atoms with Crippen molar-refractivity contribution < 1.29 is 57.4 Å². The Hall–Kier alpha value is -6.08. The molecule has 1 saturated heterocycles. The molecule has 20 heteroatoms. The quantitative estimate of drug-likeness (QED) is 0.195. The Morgan fingerprint density at radius 1 is 0.708 bits per heavy atom. The summed E-state index contributed by atoms with van der Waals surface area (Å²) < 4.78 is 11.1. The second kappa shape index (κ2) is 27.7. The molecule has 4 N–H and O–H groups in total. The van der Waals surface area contributed by atoms with Gasteiger partial charge in [0, 0.05) is 46.6 Å². The summed E-state index contributed by atoms with van der Waals surface area (Å²) in [6, 6.07) is 0.144. The molecule has 0 radical (unpaired) electrons. The fraction of sp³-hybridized carbons (Fsp3) is 0.692. The van der Waals surface area contributed by atoms with Crippen molar-refractivity contribution in [3.8, 4) is 5.75 Å². The minimum atomic E-state index is -1.79. The summed E-state index contributed by atoms with van der Waals surface area (Å²) in [6.45, 7) is 18.6. The second-order valence-electron chi connectivity index (χ2n) is 20.5. The van der Waals surface area contributed by atoms with E-state index in [1.807, 2.05) is 20.8 Å². The summed E-state index contributed by atoms with van der Waals surface area (Å²) in [6.07, 6.45) is 0.111. The Morgan fingerprint density at radius 2 is 1.26 bits per heavy atom. The highest BCUT2D eigenvalue weighted by Gasteiger charge is 2.45. The number of rotatable bonds is 10. The lowest BCUT2D eigenvalue weighted by molar-refractivity contribution is -0.164. The number of benzene rings is 1. The van der Waals surface area contributed by atoms with Crippen LogP contribution < -0.4 is 26.0 Å². The lowest BCUT2D eigenvalue weighted by atomic mass is 9.82. The number of nitrogens with one attached hydrogen (secondary N) is 4. The molecule has 9 atom stereocenters. The van der Waals surface area contributed by atoms with Gasteiger partial charge in [-0.1, -0.05) is 67.0 Å². The Morgan fingerprint density at radius 3 is 1.78 bits per heavy atom. The van der Waals surface area contributed by atoms with Gasteiger partial charge < -0.3 is 50.3 Å². The van der Waals surface area contributed by atoms with Crippen molar-refractivity contribution in [2.45, 2.75) is 158 Å². The van der Waals surface area contributed by atoms with Crippen molar-refractivity contribution in [3.05, 3.63) is 29.8 Å². The number of amides is 8. The van der Waals surface area contributed by atoms with Crippen LogP contribution in [0.3, 0.4) is 0 Å². The number of ether oxygens (including phenoxy) is 2. The van der Waals surface area contributed by atoms with E-state index in [9.17, 15) is 47.9 Å². The van der Waals surface area contributed by atoms with Crippen LogP contribution in [0.4, 0.5) is 0 Å². The van der Waals surface area contributed by atoms with E-state index >= 15 is 0 Å². The van der Waals surface area contributed by atoms with Crippen molar-refractivity contribution in [3.63, 3.8) is 0 Å². The van der Waals surface area contributed by atoms with E-state index < -0.39 is 138 Å². The molecule has 1 aromatic rings. The molecule has 1 unspecified atom stereocenters. The normalized spacial score (nSPS) is 26.5. The molecule has 8 amide bonds. The highest BCUT2D eigenvalue weighted by atomic mass is 16.5. The van der Waals surface area contributed by atoms with E-state index in [1.165, 1.54) is 77.7 Å². The molecule has 1 aliphatic rings. The Labute approximate surface area is 426 Å². The van der Waals surface area contributed by atoms with Crippen molar-refractivity contribution in [2.24, 2.45) is 29.1 Å². The van der Waals surface area contributed by atoms with Crippen molar-refractivity contribution in [1.82, 2.24) is 40.9 Å². The fourth-order valence-electron chi connectivity index (χ4n) is 8.58. The van der Waals surface area contributed by atoms with Crippen LogP contribution in [0, 0.1) is 29.1 Å². The maximum Gasteiger partial charge on any atom is 0.311 e. The van der Waals surface area contributed by atoms with Crippen LogP contribution in [0.1, 0.15) is 114 Å². The minimum Gasteiger partial charge on any atom is -0.497 e. The lowest BCUT2D eigenvalue weighted by Gasteiger charge is -2.37. The van der Waals surface area contributed by atoms with Gasteiger partial charge in [-0.2, -0.15) is 0 Å². The molecular weight excluding hydrogens is 929 g/mol. The molecule has 1 fully saturated rings. The van der Waals surface area contributed by atoms with Crippen molar-refractivity contribution >= 4 is 59.0 Å². The second-order valence-corrected chi connectivity index (χ2v) is 20.5. The van der Waals surface area contributed by atoms with Gasteiger partial charge >= 0.3 is 5.97 Å². The maximum atomic E-state index is 14.6. The summed E-state index contributed by atoms with van der Waals surface area (Å²) in [7, 11) is 7.10. The first-order valence-corrected chi connectivity index (χ1v) is 25.1. The van der Waals surface area contributed by atoms with Gasteiger partial charge in [-0.05, 0) is 83.4 Å². The number of carbonyl (C=O) groups excluding carboxylic acids is 10. The zero-order chi connectivity index (χ0) is 55.1. The van der Waals surface area contributed by atoms with Gasteiger partial charge in [-0.3, -0.25) is 47.9 Å². The van der Waals surface area contributed by atoms with Gasteiger partial charge in [0.15, 0.2) is 11.9 Å². The first kappa shape index (κ1) is 62.0. The Balaban J connectivity index is 2.74. The van der Waals surface area contributed by atoms with Crippen molar-refractivity contribution in [2.75, 3.05) is 48.4 Å². The van der Waals surface area contributed by atoms with Gasteiger partial charge in [-0.25, -0.2) is 0 Å². The number of likely N-dealkylation sites (N-methyl/N-ethyl adjacent to an activating group) is 4. The lowest BCUT2D eigenvalue weighted by Crippen LogP contribution is -2.60. The summed E-state index contributed by atoms with van der Waals surface area (Å²) in [5.74, 6) is -8.37. The fourth-order valence-corrected chi connectivity index (χ4v) is 8.58. The molecule has 0 aliphatic carbocycles. The van der Waals surface area contributed by atoms with E-state index in [2.05, 4.69) is 21.3 Å². The largest absolute Gasteiger partial charge is 0.497 e. The summed E-state index contributed by atoms with van der Waals surface area (Å²) in [4.78, 5) is 145. The van der Waals surface area contributed by atoms with E-state index in [0.29, 0.717) is 30.6 Å². The van der Waals surface area contributed by atoms with Crippen LogP contribution in [0.2, 0.25) is 0 Å². The van der Waals surface area contributed by atoms with Crippen LogP contribution in [0.15, 0.2) is 24.3 Å². The number of esters is 1. The molecule has 1 aliphatic heterocycles. The number of hydrogen-bond acceptors (Lipinski definition) is 12. The first-order chi connectivity index (χ1) is 33.5. The monoisotopic (exact) mass is 1010 g/mol. The third kappa shape index (κ3) is 16.2. The van der Waals surface area contributed by atoms with Gasteiger partial charge in [0.1, 0.15) is 35.3 Å². The number of hydrogen-bond donors (Lipinski definition) is 4. The Bertz CT molecular complexity index is 2090. The van der Waals surface area contributed by atoms with Crippen LogP contribution >= 0.6 is 0 Å². The van der Waals surface area contributed by atoms with E-state index in [0.717, 1.165) is 4.90 Å². The topological polar surface area (TPSA) is 250 Å². The van der Waals surface area contributed by atoms with Gasteiger partial charge in [0.05, 0.1) is 32.2 Å². The number of nitrogens with zero attached hydrogens (tertiary/aromatic N) is 4. The Kier molecular flexibility index (Phi) is 23.8. The molecule has 0 saturated carbocycles. The average molecular weight is 1010 g/mol. The number of ketones is 1. The smallest absolute Gasteiger partial charge is 0.311 e. The predicted molar refractivity (Wildman–Crippen MR) is 271 cm³/mol. The molecule has 72 heavy (non-hydrogen) atoms. The van der Waals surface area contributed by atoms with Gasteiger partial charge in [0.2, 0.25) is 41.4 Å². The van der Waals surface area contributed by atoms with Gasteiger partial charge in [0.25, 0.3) is 5.91 Å². The molecule has 2 rings (SSSR count). The number of methoxy groups -OCH3 is 1. The average Bonchev–Trinajstić information content (AvgIpc) is 3.34. The molecule has 20 nitrogen and oxygen atoms in total. The van der Waals surface area contributed by atoms with E-state index in [-0.39, 0.29) is 18.8 Å². The standard InChI is InChI=1S/C52H84N8O12/c1-18-20-37-32(8)50(69)72-43(31(7)19-2)48(67)54-27-40(61)58(14)38(25-29(3)4)46(65)53-28-41(62)60(16)42(30(5)6)49(68)59(15)39(26-35-21-23-36(71-17)24-22-35)47(66)55-33(9)44(63)52(11,12)51(70)57(13)34(10)45(64)56-37/h21-24,29-34,37-39,42-43H,18-20,25-28H2,1-17H3,(H,53,65)(H,54,67)(H,55,66)(H,56,64)/t31-,32-,33?,34-,37+,38-,39-,42-,43-/m0/s1. The van der Waals surface area contributed by atoms with Crippen LogP contribution in [0.5, 0.6) is 5.75 Å². The zero-order valence-electron chi connectivity index (χ0n) is 45.8. The maximum absolute atomic E-state index is 14.6. The van der Waals surface area contributed by atoms with Crippen LogP contribution in [0.25, 0.3) is 0 Å². The van der Waals surface area contributed by atoms with Crippen molar-refractivity contribution in [1.29, 1.82) is 0 Å². The van der Waals surface area contributed by atoms with Crippen LogP contribution in [-0.2, 0) is 59.1 Å². The molecule has 1 aromatic carbocycles. The third-order valence-electron chi connectivity index (χ3n) is 13.8. The predicted octanol–water partition coefficient (Wildman–Crippen LogP) is 2.49. The molecule has 0 bridgehead atoms. The number of cyclic esters (lactones) is 1. The minimum absolute atomic E-state index is 0.0316. The molecule has 404 valence electrons. The number of Topliss-reactive ketones (excluding diaryl/α,β-unsaturated/α-hetero) is 1. The summed E-state index contributed by atoms with van der Waals surface area (Å²) in [5, 5.41) is 10.8. The zero-order valence-corrected chi connectivity index (χ0v) is 45.8. The SMILES string of the molecule is CCC[C@H]1NC(=O)[C@H](C)N(C)C(=O)C(C)(C)C(=O)C(C)NC(=O)[C@H](Cc2ccc(OC)cc2)N(C)C(=O)[C@H](C(C)C)N(C)C(=O)CNC(=O)[C@H](CC(C)C)N(C)C(=O)CNC(=O)[C@H]([C@@H](C)CC)OC(=O)[C@H]1C. The summed E-state index contributed by atoms with van der Waals surface area (Å²) >= 11 is 0. The third-order valence-corrected chi connectivity index (χ3v) is 13.8. The highest BCUT2D eigenvalue weighted by Crippen LogP contribution is 2.25. The first-order valence-electron chi connectivity index (χ1n) is 25.1. The number of carbonyl (C=O) groups is 10. The highest BCUT2D eigenvalue weighted by molar-refractivity contribution is 6.09. The van der Waals surface area contributed by atoms with Gasteiger partial charge in [-0.15, -0.1) is 0 Å². The molecule has 0 spiro atoms. The van der Waals surface area contributed by atoms with Crippen LogP contribution in [-0.4, -0.2) is 169 Å². The summed E-state index contributed by atoms with van der Waals surface area (Å²) in [5.41, 5.74) is -1.15. The van der Waals surface area contributed by atoms with E-state index in [4.69, 9.17) is 9.47 Å². The molecule has 1 heterocycles.